The molecule has 4 nitrogen and oxygen atoms in total. The Balaban J connectivity index is 2.21. The maximum absolute atomic E-state index is 8.83. The first kappa shape index (κ1) is 12.1. The topological polar surface area (TPSA) is 58.0 Å². The van der Waals surface area contributed by atoms with Crippen LogP contribution < -0.4 is 9.47 Å². The minimum atomic E-state index is -0.109. The van der Waals surface area contributed by atoms with E-state index in [-0.39, 0.29) is 6.10 Å². The molecule has 0 amide bonds. The lowest BCUT2D eigenvalue weighted by molar-refractivity contribution is 0.212. The van der Waals surface area contributed by atoms with Gasteiger partial charge in [0, 0.05) is 12.3 Å². The highest BCUT2D eigenvalue weighted by molar-refractivity contribution is 5.46. The van der Waals surface area contributed by atoms with Crippen molar-refractivity contribution >= 4 is 0 Å². The third-order valence-electron chi connectivity index (χ3n) is 2.66. The zero-order chi connectivity index (χ0) is 13.0. The molecule has 0 spiro atoms. The van der Waals surface area contributed by atoms with Gasteiger partial charge < -0.3 is 14.5 Å². The van der Waals surface area contributed by atoms with Crippen molar-refractivity contribution < 1.29 is 9.47 Å². The van der Waals surface area contributed by atoms with E-state index in [4.69, 9.17) is 14.7 Å². The summed E-state index contributed by atoms with van der Waals surface area (Å²) in [5, 5.41) is 8.83. The molecule has 1 unspecified atom stereocenters. The normalized spacial score (nSPS) is 11.6. The van der Waals surface area contributed by atoms with Crippen LogP contribution in [-0.2, 0) is 0 Å². The molecule has 4 heteroatoms. The Morgan fingerprint density at radius 1 is 1.28 bits per heavy atom. The van der Waals surface area contributed by atoms with Crippen molar-refractivity contribution in [2.45, 2.75) is 13.0 Å². The molecule has 0 saturated heterocycles. The molecule has 0 radical (unpaired) electrons. The third-order valence-corrected chi connectivity index (χ3v) is 2.66. The van der Waals surface area contributed by atoms with Crippen LogP contribution in [0.4, 0.5) is 0 Å². The summed E-state index contributed by atoms with van der Waals surface area (Å²) >= 11 is 0. The van der Waals surface area contributed by atoms with Gasteiger partial charge in [-0.15, -0.1) is 0 Å². The molecule has 0 aliphatic heterocycles. The van der Waals surface area contributed by atoms with Crippen LogP contribution in [0.5, 0.6) is 11.5 Å². The van der Waals surface area contributed by atoms with E-state index in [1.54, 1.807) is 25.3 Å². The number of nitrogens with one attached hydrogen (secondary N) is 1. The Morgan fingerprint density at radius 2 is 2.11 bits per heavy atom. The van der Waals surface area contributed by atoms with Crippen molar-refractivity contribution in [3.8, 4) is 17.6 Å². The van der Waals surface area contributed by atoms with Crippen LogP contribution in [0, 0.1) is 11.3 Å². The Hall–Kier alpha value is -2.41. The second kappa shape index (κ2) is 5.28. The van der Waals surface area contributed by atoms with Gasteiger partial charge in [0.25, 0.3) is 0 Å². The minimum Gasteiger partial charge on any atom is -0.493 e. The van der Waals surface area contributed by atoms with Gasteiger partial charge >= 0.3 is 0 Å². The van der Waals surface area contributed by atoms with Crippen molar-refractivity contribution in [1.82, 2.24) is 4.98 Å². The predicted octanol–water partition coefficient (Wildman–Crippen LogP) is 3.03. The average molecular weight is 242 g/mol. The van der Waals surface area contributed by atoms with Gasteiger partial charge in [-0.1, -0.05) is 0 Å². The molecule has 18 heavy (non-hydrogen) atoms. The lowest BCUT2D eigenvalue weighted by atomic mass is 10.2. The number of H-pyrrole nitrogens is 1. The summed E-state index contributed by atoms with van der Waals surface area (Å²) in [7, 11) is 1.56. The average Bonchev–Trinajstić information content (AvgIpc) is 2.93. The number of aromatic amines is 1. The lowest BCUT2D eigenvalue weighted by Crippen LogP contribution is -2.04. The highest BCUT2D eigenvalue weighted by atomic mass is 16.5. The second-order valence-corrected chi connectivity index (χ2v) is 3.86. The Morgan fingerprint density at radius 3 is 2.72 bits per heavy atom. The summed E-state index contributed by atoms with van der Waals surface area (Å²) in [6, 6.07) is 11.1. The predicted molar refractivity (Wildman–Crippen MR) is 67.5 cm³/mol. The maximum Gasteiger partial charge on any atom is 0.162 e. The van der Waals surface area contributed by atoms with E-state index in [0.717, 1.165) is 5.69 Å². The first-order chi connectivity index (χ1) is 8.74. The summed E-state index contributed by atoms with van der Waals surface area (Å²) in [4.78, 5) is 3.10. The molecular formula is C14H14N2O2. The number of rotatable bonds is 4. The summed E-state index contributed by atoms with van der Waals surface area (Å²) in [5.41, 5.74) is 1.54. The van der Waals surface area contributed by atoms with Gasteiger partial charge in [-0.05, 0) is 31.2 Å². The fourth-order valence-electron chi connectivity index (χ4n) is 1.69. The molecule has 0 aliphatic rings. The third kappa shape index (κ3) is 2.46. The van der Waals surface area contributed by atoms with Crippen LogP contribution in [0.25, 0.3) is 0 Å². The number of hydrogen-bond donors (Lipinski definition) is 1. The number of aromatic nitrogens is 1. The van der Waals surface area contributed by atoms with Crippen LogP contribution in [-0.4, -0.2) is 12.1 Å². The van der Waals surface area contributed by atoms with E-state index in [1.807, 2.05) is 25.3 Å². The van der Waals surface area contributed by atoms with Gasteiger partial charge in [0.2, 0.25) is 0 Å². The lowest BCUT2D eigenvalue weighted by Gasteiger charge is -2.16. The highest BCUT2D eigenvalue weighted by Gasteiger charge is 2.12. The number of nitriles is 1. The fourth-order valence-corrected chi connectivity index (χ4v) is 1.69. The van der Waals surface area contributed by atoms with Crippen LogP contribution in [0.15, 0.2) is 36.5 Å². The molecule has 0 bridgehead atoms. The quantitative estimate of drug-likeness (QED) is 0.896. The highest BCUT2D eigenvalue weighted by Crippen LogP contribution is 2.31. The molecule has 1 heterocycles. The number of benzene rings is 1. The zero-order valence-electron chi connectivity index (χ0n) is 10.3. The van der Waals surface area contributed by atoms with Crippen LogP contribution in [0.2, 0.25) is 0 Å². The fraction of sp³-hybridized carbons (Fsp3) is 0.214. The first-order valence-electron chi connectivity index (χ1n) is 5.62. The van der Waals surface area contributed by atoms with Gasteiger partial charge in [-0.3, -0.25) is 0 Å². The Labute approximate surface area is 106 Å². The van der Waals surface area contributed by atoms with Crippen molar-refractivity contribution in [1.29, 1.82) is 5.26 Å². The van der Waals surface area contributed by atoms with Gasteiger partial charge in [-0.25, -0.2) is 0 Å². The van der Waals surface area contributed by atoms with E-state index in [1.165, 1.54) is 0 Å². The largest absolute Gasteiger partial charge is 0.493 e. The van der Waals surface area contributed by atoms with Gasteiger partial charge in [-0.2, -0.15) is 5.26 Å². The Kier molecular flexibility index (Phi) is 3.54. The molecule has 1 N–H and O–H groups in total. The summed E-state index contributed by atoms with van der Waals surface area (Å²) < 4.78 is 11.0. The first-order valence-corrected chi connectivity index (χ1v) is 5.62. The monoisotopic (exact) mass is 242 g/mol. The molecule has 1 aromatic carbocycles. The molecule has 92 valence electrons. The molecule has 0 saturated carbocycles. The van der Waals surface area contributed by atoms with Crippen molar-refractivity contribution in [2.75, 3.05) is 7.11 Å². The summed E-state index contributed by atoms with van der Waals surface area (Å²) in [5.74, 6) is 1.19. The van der Waals surface area contributed by atoms with E-state index >= 15 is 0 Å². The molecule has 1 aromatic heterocycles. The van der Waals surface area contributed by atoms with E-state index in [2.05, 4.69) is 11.1 Å². The van der Waals surface area contributed by atoms with Gasteiger partial charge in [0.15, 0.2) is 11.5 Å². The standard InChI is InChI=1S/C14H14N2O2/c1-10(12-4-3-7-16-12)18-13-6-5-11(9-15)8-14(13)17-2/h3-8,10,16H,1-2H3. The molecular weight excluding hydrogens is 228 g/mol. The molecule has 1 atom stereocenters. The number of hydrogen-bond acceptors (Lipinski definition) is 3. The van der Waals surface area contributed by atoms with Crippen molar-refractivity contribution in [3.63, 3.8) is 0 Å². The smallest absolute Gasteiger partial charge is 0.162 e. The van der Waals surface area contributed by atoms with Crippen molar-refractivity contribution in [3.05, 3.63) is 47.8 Å². The van der Waals surface area contributed by atoms with Crippen LogP contribution >= 0.6 is 0 Å². The number of nitrogens with zero attached hydrogens (tertiary/aromatic N) is 1. The maximum atomic E-state index is 8.83. The van der Waals surface area contributed by atoms with Crippen LogP contribution in [0.1, 0.15) is 24.3 Å². The van der Waals surface area contributed by atoms with E-state index in [9.17, 15) is 0 Å². The summed E-state index contributed by atoms with van der Waals surface area (Å²) in [6.07, 6.45) is 1.74. The Bertz CT molecular complexity index is 556. The second-order valence-electron chi connectivity index (χ2n) is 3.86. The zero-order valence-corrected chi connectivity index (χ0v) is 10.3. The number of ether oxygens (including phenoxy) is 2. The van der Waals surface area contributed by atoms with Crippen LogP contribution in [0.3, 0.4) is 0 Å². The van der Waals surface area contributed by atoms with Crippen molar-refractivity contribution in [2.24, 2.45) is 0 Å². The molecule has 0 aliphatic carbocycles. The van der Waals surface area contributed by atoms with Gasteiger partial charge in [0.05, 0.1) is 24.4 Å². The number of methoxy groups -OCH3 is 1. The molecule has 0 fully saturated rings. The SMILES string of the molecule is COc1cc(C#N)ccc1OC(C)c1ccc[nH]1. The van der Waals surface area contributed by atoms with Gasteiger partial charge in [0.1, 0.15) is 6.10 Å². The van der Waals surface area contributed by atoms with E-state index in [0.29, 0.717) is 17.1 Å². The minimum absolute atomic E-state index is 0.109. The molecule has 2 aromatic rings. The molecule has 2 rings (SSSR count). The van der Waals surface area contributed by atoms with E-state index < -0.39 is 0 Å². The summed E-state index contributed by atoms with van der Waals surface area (Å²) in [6.45, 7) is 1.95.